The van der Waals surface area contributed by atoms with E-state index in [4.69, 9.17) is 10.7 Å². The highest BCUT2D eigenvalue weighted by Gasteiger charge is 2.13. The van der Waals surface area contributed by atoms with E-state index >= 15 is 0 Å². The zero-order valence-electron chi connectivity index (χ0n) is 6.51. The molecule has 13 heavy (non-hydrogen) atoms. The van der Waals surface area contributed by atoms with Crippen molar-refractivity contribution in [1.29, 1.82) is 0 Å². The molecule has 2 nitrogen and oxygen atoms in total. The summed E-state index contributed by atoms with van der Waals surface area (Å²) < 4.78 is 23.4. The van der Waals surface area contributed by atoms with Crippen LogP contribution in [0.5, 0.6) is 0 Å². The first kappa shape index (κ1) is 11.5. The van der Waals surface area contributed by atoms with Gasteiger partial charge in [-0.15, -0.1) is 0 Å². The summed E-state index contributed by atoms with van der Waals surface area (Å²) in [5.41, 5.74) is 0.934. The van der Waals surface area contributed by atoms with Crippen molar-refractivity contribution in [1.82, 2.24) is 0 Å². The van der Waals surface area contributed by atoms with Crippen LogP contribution in [-0.2, 0) is 9.05 Å². The molecule has 0 radical (unpaired) electrons. The van der Waals surface area contributed by atoms with E-state index in [1.54, 1.807) is 0 Å². The van der Waals surface area contributed by atoms with Crippen LogP contribution in [0.3, 0.4) is 0 Å². The second kappa shape index (κ2) is 3.88. The number of benzene rings is 1. The third kappa shape index (κ3) is 2.68. The Morgan fingerprint density at radius 2 is 1.62 bits per heavy atom. The third-order valence-electron chi connectivity index (χ3n) is 1.54. The van der Waals surface area contributed by atoms with E-state index in [0.29, 0.717) is 8.95 Å². The molecule has 0 N–H and O–H groups in total. The van der Waals surface area contributed by atoms with Crippen molar-refractivity contribution in [2.45, 2.75) is 11.8 Å². The number of hydrogen-bond acceptors (Lipinski definition) is 2. The van der Waals surface area contributed by atoms with Gasteiger partial charge in [-0.1, -0.05) is 31.9 Å². The summed E-state index contributed by atoms with van der Waals surface area (Å²) in [6, 6.07) is 2.95. The Morgan fingerprint density at radius 1 is 1.23 bits per heavy atom. The fourth-order valence-electron chi connectivity index (χ4n) is 0.763. The molecule has 0 amide bonds. The Balaban J connectivity index is 3.47. The second-order valence-corrected chi connectivity index (χ2v) is 6.72. The van der Waals surface area contributed by atoms with E-state index in [9.17, 15) is 8.42 Å². The molecule has 0 aliphatic heterocycles. The standard InChI is InChI=1S/C7H5Br2ClO2S/c1-4-6(8)2-5(3-7(4)9)13(10,11)12/h2-3H,1H3. The summed E-state index contributed by atoms with van der Waals surface area (Å²) in [7, 11) is 1.53. The maximum Gasteiger partial charge on any atom is 0.261 e. The summed E-state index contributed by atoms with van der Waals surface area (Å²) in [6.45, 7) is 1.86. The Kier molecular flexibility index (Phi) is 3.43. The van der Waals surface area contributed by atoms with Crippen LogP contribution in [0.2, 0.25) is 0 Å². The van der Waals surface area contributed by atoms with Crippen LogP contribution in [0.15, 0.2) is 26.0 Å². The molecule has 0 bridgehead atoms. The molecule has 0 atom stereocenters. The van der Waals surface area contributed by atoms with Gasteiger partial charge in [0, 0.05) is 19.6 Å². The monoisotopic (exact) mass is 346 g/mol. The van der Waals surface area contributed by atoms with Gasteiger partial charge < -0.3 is 0 Å². The summed E-state index contributed by atoms with van der Waals surface area (Å²) in [4.78, 5) is 0.0820. The quantitative estimate of drug-likeness (QED) is 0.729. The first-order valence-corrected chi connectivity index (χ1v) is 7.12. The fourth-order valence-corrected chi connectivity index (χ4v) is 3.04. The molecular formula is C7H5Br2ClO2S. The minimum atomic E-state index is -3.65. The minimum absolute atomic E-state index is 0.0820. The highest BCUT2D eigenvalue weighted by molar-refractivity contribution is 9.11. The van der Waals surface area contributed by atoms with E-state index in [1.807, 2.05) is 6.92 Å². The molecule has 1 rings (SSSR count). The molecule has 0 aliphatic carbocycles. The predicted molar refractivity (Wildman–Crippen MR) is 59.6 cm³/mol. The summed E-state index contributed by atoms with van der Waals surface area (Å²) in [6.07, 6.45) is 0. The van der Waals surface area contributed by atoms with Crippen molar-refractivity contribution in [3.8, 4) is 0 Å². The molecule has 0 saturated carbocycles. The maximum atomic E-state index is 11.0. The lowest BCUT2D eigenvalue weighted by molar-refractivity contribution is 0.609. The van der Waals surface area contributed by atoms with Crippen molar-refractivity contribution in [3.05, 3.63) is 26.6 Å². The number of hydrogen-bond donors (Lipinski definition) is 0. The molecular weight excluding hydrogens is 343 g/mol. The lowest BCUT2D eigenvalue weighted by atomic mass is 10.2. The lowest BCUT2D eigenvalue weighted by Gasteiger charge is -2.03. The minimum Gasteiger partial charge on any atom is -0.207 e. The highest BCUT2D eigenvalue weighted by Crippen LogP contribution is 2.29. The molecule has 72 valence electrons. The SMILES string of the molecule is Cc1c(Br)cc(S(=O)(=O)Cl)cc1Br. The molecule has 0 saturated heterocycles. The van der Waals surface area contributed by atoms with Crippen LogP contribution in [0.25, 0.3) is 0 Å². The molecule has 0 unspecified atom stereocenters. The molecule has 0 spiro atoms. The average Bonchev–Trinajstić information content (AvgIpc) is 1.97. The summed E-state index contributed by atoms with van der Waals surface area (Å²) in [5.74, 6) is 0. The van der Waals surface area contributed by atoms with Gasteiger partial charge in [0.15, 0.2) is 0 Å². The third-order valence-corrected chi connectivity index (χ3v) is 4.52. The van der Waals surface area contributed by atoms with Crippen molar-refractivity contribution in [2.24, 2.45) is 0 Å². The molecule has 0 heterocycles. The van der Waals surface area contributed by atoms with Gasteiger partial charge in [0.05, 0.1) is 4.90 Å². The van der Waals surface area contributed by atoms with Crippen molar-refractivity contribution >= 4 is 51.6 Å². The molecule has 0 aliphatic rings. The van der Waals surface area contributed by atoms with Crippen LogP contribution in [-0.4, -0.2) is 8.42 Å². The fraction of sp³-hybridized carbons (Fsp3) is 0.143. The van der Waals surface area contributed by atoms with Gasteiger partial charge in [-0.25, -0.2) is 8.42 Å². The summed E-state index contributed by atoms with van der Waals surface area (Å²) >= 11 is 6.47. The Hall–Kier alpha value is 0.420. The molecule has 1 aromatic carbocycles. The van der Waals surface area contributed by atoms with Gasteiger partial charge in [0.25, 0.3) is 9.05 Å². The topological polar surface area (TPSA) is 34.1 Å². The molecule has 6 heteroatoms. The van der Waals surface area contributed by atoms with E-state index in [0.717, 1.165) is 5.56 Å². The van der Waals surface area contributed by atoms with Gasteiger partial charge in [0.2, 0.25) is 0 Å². The maximum absolute atomic E-state index is 11.0. The van der Waals surface area contributed by atoms with Crippen LogP contribution < -0.4 is 0 Å². The van der Waals surface area contributed by atoms with E-state index < -0.39 is 9.05 Å². The molecule has 1 aromatic rings. The van der Waals surface area contributed by atoms with Crippen molar-refractivity contribution in [2.75, 3.05) is 0 Å². The lowest BCUT2D eigenvalue weighted by Crippen LogP contribution is -1.92. The smallest absolute Gasteiger partial charge is 0.207 e. The first-order valence-electron chi connectivity index (χ1n) is 3.22. The summed E-state index contributed by atoms with van der Waals surface area (Å²) in [5, 5.41) is 0. The van der Waals surface area contributed by atoms with E-state index in [2.05, 4.69) is 31.9 Å². The largest absolute Gasteiger partial charge is 0.261 e. The van der Waals surface area contributed by atoms with Crippen molar-refractivity contribution in [3.63, 3.8) is 0 Å². The predicted octanol–water partition coefficient (Wildman–Crippen LogP) is 3.45. The van der Waals surface area contributed by atoms with Crippen LogP contribution in [0, 0.1) is 6.92 Å². The van der Waals surface area contributed by atoms with Gasteiger partial charge in [-0.05, 0) is 24.6 Å². The van der Waals surface area contributed by atoms with Crippen LogP contribution in [0.4, 0.5) is 0 Å². The van der Waals surface area contributed by atoms with E-state index in [-0.39, 0.29) is 4.90 Å². The van der Waals surface area contributed by atoms with Gasteiger partial charge in [0.1, 0.15) is 0 Å². The van der Waals surface area contributed by atoms with E-state index in [1.165, 1.54) is 12.1 Å². The Labute approximate surface area is 98.0 Å². The second-order valence-electron chi connectivity index (χ2n) is 2.45. The van der Waals surface area contributed by atoms with Crippen LogP contribution in [0.1, 0.15) is 5.56 Å². The Morgan fingerprint density at radius 3 is 1.92 bits per heavy atom. The number of rotatable bonds is 1. The highest BCUT2D eigenvalue weighted by atomic mass is 79.9. The number of halogens is 3. The molecule has 0 aromatic heterocycles. The first-order chi connectivity index (χ1) is 5.82. The van der Waals surface area contributed by atoms with Gasteiger partial charge in [-0.2, -0.15) is 0 Å². The average molecular weight is 348 g/mol. The zero-order valence-corrected chi connectivity index (χ0v) is 11.3. The Bertz CT molecular complexity index is 419. The van der Waals surface area contributed by atoms with Gasteiger partial charge in [-0.3, -0.25) is 0 Å². The van der Waals surface area contributed by atoms with Crippen molar-refractivity contribution < 1.29 is 8.42 Å². The molecule has 0 fully saturated rings. The normalized spacial score (nSPS) is 11.7. The van der Waals surface area contributed by atoms with Gasteiger partial charge >= 0.3 is 0 Å². The van der Waals surface area contributed by atoms with Crippen LogP contribution >= 0.6 is 42.5 Å². The zero-order chi connectivity index (χ0) is 10.2.